The fraction of sp³-hybridized carbons (Fsp3) is 0.367. The molecule has 2 fully saturated rings. The standard InChI is InChI=1S/C30H30ClNO6/c1-16-15-23(17(2)38-16)27(33)24-25(18-9-13-22(37-4)14-10-18)30(3,29(35)36)32(28(34)20-5-6-20)26(24)19-7-11-21(31)12-8-19/h7-15,20,24-26H,5-6H2,1-4H3,(H,35,36). The monoisotopic (exact) mass is 535 g/mol. The number of nitrogens with zero attached hydrogens (tertiary/aromatic N) is 1. The minimum absolute atomic E-state index is 0.247. The molecule has 1 saturated carbocycles. The van der Waals surface area contributed by atoms with E-state index in [1.807, 2.05) is 0 Å². The van der Waals surface area contributed by atoms with E-state index in [0.717, 1.165) is 0 Å². The Morgan fingerprint density at radius 2 is 1.63 bits per heavy atom. The molecule has 38 heavy (non-hydrogen) atoms. The molecule has 1 saturated heterocycles. The molecule has 0 spiro atoms. The van der Waals surface area contributed by atoms with Crippen molar-refractivity contribution < 1.29 is 28.6 Å². The van der Waals surface area contributed by atoms with Crippen LogP contribution in [-0.2, 0) is 9.59 Å². The fourth-order valence-electron chi connectivity index (χ4n) is 5.97. The van der Waals surface area contributed by atoms with Gasteiger partial charge in [-0.1, -0.05) is 35.9 Å². The molecule has 0 radical (unpaired) electrons. The maximum atomic E-state index is 14.5. The van der Waals surface area contributed by atoms with Crippen molar-refractivity contribution in [2.24, 2.45) is 11.8 Å². The number of methoxy groups -OCH3 is 1. The van der Waals surface area contributed by atoms with Gasteiger partial charge >= 0.3 is 5.97 Å². The normalized spacial score (nSPS) is 24.9. The molecule has 1 amide bonds. The van der Waals surface area contributed by atoms with Crippen molar-refractivity contribution in [1.29, 1.82) is 0 Å². The Balaban J connectivity index is 1.79. The maximum absolute atomic E-state index is 14.5. The summed E-state index contributed by atoms with van der Waals surface area (Å²) in [5, 5.41) is 11.3. The number of furan rings is 1. The van der Waals surface area contributed by atoms with Gasteiger partial charge in [-0.2, -0.15) is 0 Å². The van der Waals surface area contributed by atoms with Crippen LogP contribution in [0.1, 0.15) is 64.7 Å². The van der Waals surface area contributed by atoms with Crippen molar-refractivity contribution >= 4 is 29.3 Å². The smallest absolute Gasteiger partial charge is 0.330 e. The lowest BCUT2D eigenvalue weighted by molar-refractivity contribution is -0.158. The van der Waals surface area contributed by atoms with Gasteiger partial charge in [-0.25, -0.2) is 4.79 Å². The van der Waals surface area contributed by atoms with Crippen LogP contribution in [0.4, 0.5) is 0 Å². The second-order valence-corrected chi connectivity index (χ2v) is 10.8. The Morgan fingerprint density at radius 1 is 1.03 bits per heavy atom. The number of aryl methyl sites for hydroxylation is 2. The van der Waals surface area contributed by atoms with Crippen LogP contribution in [0.3, 0.4) is 0 Å². The number of ketones is 1. The van der Waals surface area contributed by atoms with Crippen LogP contribution in [0.25, 0.3) is 0 Å². The number of hydrogen-bond acceptors (Lipinski definition) is 5. The predicted octanol–water partition coefficient (Wildman–Crippen LogP) is 5.98. The first-order valence-electron chi connectivity index (χ1n) is 12.6. The summed E-state index contributed by atoms with van der Waals surface area (Å²) in [5.74, 6) is -2.04. The summed E-state index contributed by atoms with van der Waals surface area (Å²) in [6.07, 6.45) is 1.40. The van der Waals surface area contributed by atoms with Crippen LogP contribution < -0.4 is 4.74 Å². The molecule has 3 aromatic rings. The van der Waals surface area contributed by atoms with Gasteiger partial charge in [0.25, 0.3) is 0 Å². The molecular weight excluding hydrogens is 506 g/mol. The van der Waals surface area contributed by atoms with Gasteiger partial charge in [0.2, 0.25) is 5.91 Å². The summed E-state index contributed by atoms with van der Waals surface area (Å²) in [7, 11) is 1.55. The lowest BCUT2D eigenvalue weighted by atomic mass is 9.71. The molecule has 2 aromatic carbocycles. The number of benzene rings is 2. The van der Waals surface area contributed by atoms with Crippen LogP contribution in [-0.4, -0.2) is 40.3 Å². The van der Waals surface area contributed by atoms with Crippen molar-refractivity contribution in [3.05, 3.63) is 87.8 Å². The van der Waals surface area contributed by atoms with Crippen molar-refractivity contribution in [2.45, 2.75) is 51.1 Å². The summed E-state index contributed by atoms with van der Waals surface area (Å²) in [4.78, 5) is 43.1. The average molecular weight is 536 g/mol. The van der Waals surface area contributed by atoms with E-state index >= 15 is 0 Å². The lowest BCUT2D eigenvalue weighted by Gasteiger charge is -2.38. The number of rotatable bonds is 7. The van der Waals surface area contributed by atoms with Gasteiger partial charge in [0.05, 0.1) is 24.6 Å². The Bertz CT molecular complexity index is 1390. The second-order valence-electron chi connectivity index (χ2n) is 10.4. The van der Waals surface area contributed by atoms with E-state index < -0.39 is 29.4 Å². The van der Waals surface area contributed by atoms with E-state index in [0.29, 0.717) is 51.8 Å². The van der Waals surface area contributed by atoms with Gasteiger partial charge in [0, 0.05) is 16.9 Å². The highest BCUT2D eigenvalue weighted by Crippen LogP contribution is 2.58. The summed E-state index contributed by atoms with van der Waals surface area (Å²) in [5.41, 5.74) is -0.0236. The first-order chi connectivity index (χ1) is 18.1. The number of amides is 1. The van der Waals surface area contributed by atoms with Gasteiger partial charge in [-0.05, 0) is 75.1 Å². The molecule has 2 aliphatic rings. The number of likely N-dealkylation sites (tertiary alicyclic amines) is 1. The summed E-state index contributed by atoms with van der Waals surface area (Å²) in [6, 6.07) is 14.9. The fourth-order valence-corrected chi connectivity index (χ4v) is 6.10. The van der Waals surface area contributed by atoms with E-state index in [1.165, 1.54) is 4.90 Å². The van der Waals surface area contributed by atoms with E-state index in [9.17, 15) is 19.5 Å². The third kappa shape index (κ3) is 4.19. The SMILES string of the molecule is COc1ccc(C2C(C(=O)c3cc(C)oc3C)C(c3ccc(Cl)cc3)N(C(=O)C3CC3)C2(C)C(=O)O)cc1. The lowest BCUT2D eigenvalue weighted by Crippen LogP contribution is -2.54. The third-order valence-corrected chi connectivity index (χ3v) is 8.23. The Kier molecular flexibility index (Phi) is 6.59. The molecule has 1 aliphatic carbocycles. The summed E-state index contributed by atoms with van der Waals surface area (Å²) in [6.45, 7) is 5.05. The highest BCUT2D eigenvalue weighted by atomic mass is 35.5. The number of Topliss-reactive ketones (excluding diaryl/α,β-unsaturated/α-hetero) is 1. The van der Waals surface area contributed by atoms with Crippen LogP contribution in [0.15, 0.2) is 59.0 Å². The van der Waals surface area contributed by atoms with E-state index in [4.69, 9.17) is 20.8 Å². The molecule has 198 valence electrons. The topological polar surface area (TPSA) is 97.0 Å². The number of carboxylic acid groups (broad SMARTS) is 1. The molecule has 1 N–H and O–H groups in total. The summed E-state index contributed by atoms with van der Waals surface area (Å²) >= 11 is 6.19. The molecular formula is C30H30ClNO6. The van der Waals surface area contributed by atoms with Gasteiger partial charge < -0.3 is 19.2 Å². The number of carbonyl (C=O) groups is 3. The largest absolute Gasteiger partial charge is 0.497 e. The van der Waals surface area contributed by atoms with E-state index in [1.54, 1.807) is 82.5 Å². The van der Waals surface area contributed by atoms with Gasteiger partial charge in [-0.15, -0.1) is 0 Å². The van der Waals surface area contributed by atoms with E-state index in [-0.39, 0.29) is 17.6 Å². The summed E-state index contributed by atoms with van der Waals surface area (Å²) < 4.78 is 11.0. The van der Waals surface area contributed by atoms with Gasteiger partial charge in [0.15, 0.2) is 5.78 Å². The molecule has 4 unspecified atom stereocenters. The number of aliphatic carboxylic acids is 1. The first kappa shape index (κ1) is 26.0. The zero-order chi connectivity index (χ0) is 27.4. The highest BCUT2D eigenvalue weighted by molar-refractivity contribution is 6.30. The Morgan fingerprint density at radius 3 is 2.13 bits per heavy atom. The van der Waals surface area contributed by atoms with Crippen molar-refractivity contribution in [3.8, 4) is 5.75 Å². The minimum atomic E-state index is -1.70. The van der Waals surface area contributed by atoms with Crippen LogP contribution in [0, 0.1) is 25.7 Å². The van der Waals surface area contributed by atoms with Crippen molar-refractivity contribution in [1.82, 2.24) is 4.90 Å². The Labute approximate surface area is 226 Å². The minimum Gasteiger partial charge on any atom is -0.497 e. The maximum Gasteiger partial charge on any atom is 0.330 e. The van der Waals surface area contributed by atoms with Crippen LogP contribution in [0.2, 0.25) is 5.02 Å². The Hall–Kier alpha value is -3.58. The van der Waals surface area contributed by atoms with E-state index in [2.05, 4.69) is 0 Å². The number of halogens is 1. The van der Waals surface area contributed by atoms with Crippen molar-refractivity contribution in [2.75, 3.05) is 7.11 Å². The van der Waals surface area contributed by atoms with Gasteiger partial charge in [0.1, 0.15) is 22.8 Å². The molecule has 2 heterocycles. The van der Waals surface area contributed by atoms with Crippen LogP contribution >= 0.6 is 11.6 Å². The number of ether oxygens (including phenoxy) is 1. The number of carboxylic acids is 1. The zero-order valence-electron chi connectivity index (χ0n) is 21.7. The number of hydrogen-bond donors (Lipinski definition) is 1. The van der Waals surface area contributed by atoms with Gasteiger partial charge in [-0.3, -0.25) is 9.59 Å². The quantitative estimate of drug-likeness (QED) is 0.374. The highest BCUT2D eigenvalue weighted by Gasteiger charge is 2.66. The first-order valence-corrected chi connectivity index (χ1v) is 13.0. The molecule has 5 rings (SSSR count). The second kappa shape index (κ2) is 9.62. The molecule has 8 heteroatoms. The van der Waals surface area contributed by atoms with Crippen LogP contribution in [0.5, 0.6) is 5.75 Å². The molecule has 1 aliphatic heterocycles. The average Bonchev–Trinajstić information content (AvgIpc) is 3.63. The predicted molar refractivity (Wildman–Crippen MR) is 142 cm³/mol. The zero-order valence-corrected chi connectivity index (χ0v) is 22.5. The molecule has 4 atom stereocenters. The van der Waals surface area contributed by atoms with Crippen molar-refractivity contribution in [3.63, 3.8) is 0 Å². The number of carbonyl (C=O) groups excluding carboxylic acids is 2. The molecule has 0 bridgehead atoms. The molecule has 1 aromatic heterocycles. The molecule has 7 nitrogen and oxygen atoms in total. The third-order valence-electron chi connectivity index (χ3n) is 7.98.